The van der Waals surface area contributed by atoms with Gasteiger partial charge in [0.2, 0.25) is 5.72 Å². The van der Waals surface area contributed by atoms with Crippen molar-refractivity contribution in [1.29, 1.82) is 0 Å². The quantitative estimate of drug-likeness (QED) is 0.325. The first-order valence-electron chi connectivity index (χ1n) is 11.4. The van der Waals surface area contributed by atoms with Gasteiger partial charge >= 0.3 is 11.9 Å². The van der Waals surface area contributed by atoms with Crippen molar-refractivity contribution >= 4 is 29.4 Å². The van der Waals surface area contributed by atoms with E-state index in [1.807, 2.05) is 37.4 Å². The molecule has 0 fully saturated rings. The molecule has 10 heteroatoms. The topological polar surface area (TPSA) is 111 Å². The Morgan fingerprint density at radius 1 is 1.11 bits per heavy atom. The number of hydrogen-bond acceptors (Lipinski definition) is 9. The third-order valence-electron chi connectivity index (χ3n) is 7.02. The molecular weight excluding hydrogens is 466 g/mol. The lowest BCUT2D eigenvalue weighted by Gasteiger charge is -2.46. The minimum atomic E-state index is -0.899. The Labute approximate surface area is 209 Å². The number of rotatable bonds is 7. The SMILES string of the molecule is COC(=O)CN(CC(=O)OC)Cc1cc([N+](=O)[O-])cc2c1OC1(C=C2)N(C)c2ccccc2C1(C)C. The van der Waals surface area contributed by atoms with E-state index in [2.05, 4.69) is 24.8 Å². The molecule has 2 heterocycles. The van der Waals surface area contributed by atoms with E-state index in [1.165, 1.54) is 31.3 Å². The fourth-order valence-corrected chi connectivity index (χ4v) is 5.06. The van der Waals surface area contributed by atoms with E-state index in [0.717, 1.165) is 11.3 Å². The van der Waals surface area contributed by atoms with Crippen LogP contribution < -0.4 is 9.64 Å². The molecular formula is C26H29N3O7. The number of ether oxygens (including phenoxy) is 3. The summed E-state index contributed by atoms with van der Waals surface area (Å²) in [5.41, 5.74) is 1.66. The fourth-order valence-electron chi connectivity index (χ4n) is 5.06. The summed E-state index contributed by atoms with van der Waals surface area (Å²) in [5, 5.41) is 11.7. The highest BCUT2D eigenvalue weighted by Gasteiger charge is 2.57. The molecule has 0 N–H and O–H groups in total. The predicted octanol–water partition coefficient (Wildman–Crippen LogP) is 3.27. The zero-order valence-electron chi connectivity index (χ0n) is 20.9. The maximum Gasteiger partial charge on any atom is 0.319 e. The van der Waals surface area contributed by atoms with Gasteiger partial charge in [-0.05, 0) is 37.6 Å². The highest BCUT2D eigenvalue weighted by molar-refractivity contribution is 5.76. The van der Waals surface area contributed by atoms with Crippen LogP contribution in [-0.2, 0) is 31.0 Å². The van der Waals surface area contributed by atoms with Gasteiger partial charge < -0.3 is 19.1 Å². The smallest absolute Gasteiger partial charge is 0.319 e. The summed E-state index contributed by atoms with van der Waals surface area (Å²) >= 11 is 0. The Morgan fingerprint density at radius 3 is 2.33 bits per heavy atom. The second-order valence-corrected chi connectivity index (χ2v) is 9.41. The van der Waals surface area contributed by atoms with Crippen molar-refractivity contribution in [2.45, 2.75) is 31.5 Å². The number of hydrogen-bond donors (Lipinski definition) is 0. The number of para-hydroxylation sites is 1. The molecule has 2 aliphatic heterocycles. The van der Waals surface area contributed by atoms with E-state index in [1.54, 1.807) is 0 Å². The number of likely N-dealkylation sites (N-methyl/N-ethyl adjacent to an activating group) is 1. The number of nitro groups is 1. The molecule has 1 spiro atoms. The van der Waals surface area contributed by atoms with Crippen LogP contribution in [0.4, 0.5) is 11.4 Å². The van der Waals surface area contributed by atoms with Gasteiger partial charge in [0.1, 0.15) is 5.75 Å². The molecule has 0 amide bonds. The number of nitrogens with zero attached hydrogens (tertiary/aromatic N) is 3. The van der Waals surface area contributed by atoms with Crippen molar-refractivity contribution in [2.24, 2.45) is 0 Å². The highest BCUT2D eigenvalue weighted by atomic mass is 16.6. The molecule has 10 nitrogen and oxygen atoms in total. The van der Waals surface area contributed by atoms with Crippen LogP contribution in [0.3, 0.4) is 0 Å². The van der Waals surface area contributed by atoms with Crippen molar-refractivity contribution in [3.05, 3.63) is 69.3 Å². The maximum absolute atomic E-state index is 12.0. The van der Waals surface area contributed by atoms with Crippen LogP contribution in [0.15, 0.2) is 42.5 Å². The standard InChI is InChI=1S/C26H29N3O7/c1-25(2)20-8-6-7-9-21(20)27(3)26(25)11-10-17-12-19(29(32)33)13-18(24(17)36-26)14-28(15-22(30)34-4)16-23(31)35-5/h6-13H,14-16H2,1-5H3. The Bertz CT molecular complexity index is 1240. The minimum absolute atomic E-state index is 0.0230. The number of carbonyl (C=O) groups excluding carboxylic acids is 2. The molecule has 2 aromatic carbocycles. The second kappa shape index (κ2) is 9.27. The van der Waals surface area contributed by atoms with Crippen molar-refractivity contribution in [1.82, 2.24) is 4.90 Å². The number of benzene rings is 2. The van der Waals surface area contributed by atoms with Gasteiger partial charge in [-0.2, -0.15) is 0 Å². The van der Waals surface area contributed by atoms with Gasteiger partial charge in [-0.15, -0.1) is 0 Å². The van der Waals surface area contributed by atoms with Gasteiger partial charge in [0.25, 0.3) is 5.69 Å². The zero-order chi connectivity index (χ0) is 26.3. The Hall–Kier alpha value is -3.92. The summed E-state index contributed by atoms with van der Waals surface area (Å²) in [6, 6.07) is 10.9. The third kappa shape index (κ3) is 4.07. The average Bonchev–Trinajstić information content (AvgIpc) is 3.02. The largest absolute Gasteiger partial charge is 0.468 e. The van der Waals surface area contributed by atoms with E-state index in [-0.39, 0.29) is 25.3 Å². The average molecular weight is 496 g/mol. The van der Waals surface area contributed by atoms with E-state index >= 15 is 0 Å². The van der Waals surface area contributed by atoms with Crippen molar-refractivity contribution in [2.75, 3.05) is 39.3 Å². The van der Waals surface area contributed by atoms with Gasteiger partial charge in [0.15, 0.2) is 0 Å². The first kappa shape index (κ1) is 25.2. The van der Waals surface area contributed by atoms with E-state index in [9.17, 15) is 19.7 Å². The number of fused-ring (bicyclic) bond motifs is 2. The molecule has 0 bridgehead atoms. The van der Waals surface area contributed by atoms with Crippen LogP contribution in [0.25, 0.3) is 6.08 Å². The van der Waals surface area contributed by atoms with Crippen LogP contribution in [0, 0.1) is 10.1 Å². The van der Waals surface area contributed by atoms with Crippen LogP contribution in [-0.4, -0.2) is 61.8 Å². The summed E-state index contributed by atoms with van der Waals surface area (Å²) in [6.07, 6.45) is 3.77. The van der Waals surface area contributed by atoms with Gasteiger partial charge in [-0.1, -0.05) is 18.2 Å². The minimum Gasteiger partial charge on any atom is -0.468 e. The van der Waals surface area contributed by atoms with E-state index < -0.39 is 28.0 Å². The number of anilines is 1. The molecule has 1 unspecified atom stereocenters. The van der Waals surface area contributed by atoms with Crippen molar-refractivity contribution in [3.63, 3.8) is 0 Å². The number of methoxy groups -OCH3 is 2. The number of nitro benzene ring substituents is 1. The Morgan fingerprint density at radius 2 is 1.75 bits per heavy atom. The van der Waals surface area contributed by atoms with Crippen LogP contribution in [0.5, 0.6) is 5.75 Å². The molecule has 1 atom stereocenters. The molecule has 0 saturated carbocycles. The first-order valence-corrected chi connectivity index (χ1v) is 11.4. The third-order valence-corrected chi connectivity index (χ3v) is 7.02. The Balaban J connectivity index is 1.80. The number of carbonyl (C=O) groups is 2. The molecule has 4 rings (SSSR count). The normalized spacial score (nSPS) is 19.0. The lowest BCUT2D eigenvalue weighted by molar-refractivity contribution is -0.385. The summed E-state index contributed by atoms with van der Waals surface area (Å²) < 4.78 is 16.3. The van der Waals surface area contributed by atoms with E-state index in [0.29, 0.717) is 16.9 Å². The summed E-state index contributed by atoms with van der Waals surface area (Å²) in [5.74, 6) is -0.652. The predicted molar refractivity (Wildman–Crippen MR) is 133 cm³/mol. The molecule has 0 radical (unpaired) electrons. The monoisotopic (exact) mass is 495 g/mol. The zero-order valence-corrected chi connectivity index (χ0v) is 20.9. The molecule has 2 aliphatic rings. The van der Waals surface area contributed by atoms with Crippen LogP contribution in [0.2, 0.25) is 0 Å². The Kier molecular flexibility index (Phi) is 6.48. The van der Waals surface area contributed by atoms with Gasteiger partial charge in [0, 0.05) is 42.5 Å². The van der Waals surface area contributed by atoms with Crippen molar-refractivity contribution < 1.29 is 28.7 Å². The van der Waals surface area contributed by atoms with Gasteiger partial charge in [0.05, 0.1) is 37.6 Å². The van der Waals surface area contributed by atoms with Crippen molar-refractivity contribution in [3.8, 4) is 5.75 Å². The summed E-state index contributed by atoms with van der Waals surface area (Å²) in [6.45, 7) is 3.80. The first-order chi connectivity index (χ1) is 17.0. The molecule has 0 aromatic heterocycles. The van der Waals surface area contributed by atoms with Crippen LogP contribution in [0.1, 0.15) is 30.5 Å². The molecule has 0 saturated heterocycles. The molecule has 190 valence electrons. The maximum atomic E-state index is 12.0. The second-order valence-electron chi connectivity index (χ2n) is 9.41. The number of esters is 2. The lowest BCUT2D eigenvalue weighted by Crippen LogP contribution is -2.58. The van der Waals surface area contributed by atoms with Gasteiger partial charge in [-0.25, -0.2) is 0 Å². The number of non-ortho nitro benzene ring substituents is 1. The highest BCUT2D eigenvalue weighted by Crippen LogP contribution is 2.54. The molecule has 2 aromatic rings. The fraction of sp³-hybridized carbons (Fsp3) is 0.385. The molecule has 0 aliphatic carbocycles. The summed E-state index contributed by atoms with van der Waals surface area (Å²) in [7, 11) is 4.46. The lowest BCUT2D eigenvalue weighted by atomic mass is 9.76. The van der Waals surface area contributed by atoms with Crippen LogP contribution >= 0.6 is 0 Å². The van der Waals surface area contributed by atoms with E-state index in [4.69, 9.17) is 14.2 Å². The summed E-state index contributed by atoms with van der Waals surface area (Å²) in [4.78, 5) is 38.8. The molecule has 36 heavy (non-hydrogen) atoms. The van der Waals surface area contributed by atoms with Gasteiger partial charge in [-0.3, -0.25) is 24.6 Å².